The van der Waals surface area contributed by atoms with Crippen molar-refractivity contribution in [3.63, 3.8) is 0 Å². The summed E-state index contributed by atoms with van der Waals surface area (Å²) < 4.78 is 13.7. The van der Waals surface area contributed by atoms with Crippen molar-refractivity contribution in [3.05, 3.63) is 35.9 Å². The van der Waals surface area contributed by atoms with Crippen LogP contribution >= 0.6 is 31.9 Å². The first-order valence-corrected chi connectivity index (χ1v) is 8.09. The lowest BCUT2D eigenvalue weighted by atomic mass is 10.2. The average Bonchev–Trinajstić information content (AvgIpc) is 2.80. The Morgan fingerprint density at radius 1 is 1.24 bits per heavy atom. The standard InChI is InChI=1S/C12H15Br2NOS/c1-11(2,3)17(16)15-10(12(15,13)14)9-7-5-4-6-8-9/h4-8,10H,1-3H3/t10-,15?,17?/m0/s1. The molecule has 0 spiro atoms. The normalized spacial score (nSPS) is 28.8. The summed E-state index contributed by atoms with van der Waals surface area (Å²) in [7, 11) is -1.04. The van der Waals surface area contributed by atoms with E-state index in [1.807, 2.05) is 43.3 Å². The summed E-state index contributed by atoms with van der Waals surface area (Å²) in [6, 6.07) is 10.2. The topological polar surface area (TPSA) is 20.1 Å². The van der Waals surface area contributed by atoms with Gasteiger partial charge in [-0.1, -0.05) is 62.2 Å². The zero-order valence-electron chi connectivity index (χ0n) is 9.98. The lowest BCUT2D eigenvalue weighted by Gasteiger charge is -2.19. The average molecular weight is 381 g/mol. The van der Waals surface area contributed by atoms with E-state index >= 15 is 0 Å². The van der Waals surface area contributed by atoms with Gasteiger partial charge in [-0.05, 0) is 26.3 Å². The van der Waals surface area contributed by atoms with Crippen molar-refractivity contribution in [1.82, 2.24) is 4.31 Å². The van der Waals surface area contributed by atoms with Crippen LogP contribution in [0.4, 0.5) is 0 Å². The van der Waals surface area contributed by atoms with Gasteiger partial charge in [0.1, 0.15) is 11.0 Å². The summed E-state index contributed by atoms with van der Waals surface area (Å²) in [6.07, 6.45) is 0. The second-order valence-electron chi connectivity index (χ2n) is 5.09. The van der Waals surface area contributed by atoms with Crippen LogP contribution in [0.5, 0.6) is 0 Å². The third-order valence-electron chi connectivity index (χ3n) is 2.61. The molecule has 94 valence electrons. The molecular weight excluding hydrogens is 366 g/mol. The van der Waals surface area contributed by atoms with Gasteiger partial charge in [-0.3, -0.25) is 0 Å². The van der Waals surface area contributed by atoms with Crippen LogP contribution in [0.25, 0.3) is 0 Å². The molecule has 1 aliphatic heterocycles. The van der Waals surface area contributed by atoms with Crippen LogP contribution in [-0.2, 0) is 11.0 Å². The Morgan fingerprint density at radius 3 is 2.24 bits per heavy atom. The summed E-state index contributed by atoms with van der Waals surface area (Å²) in [4.78, 5) is 0. The fourth-order valence-electron chi connectivity index (χ4n) is 1.70. The summed E-state index contributed by atoms with van der Waals surface area (Å²) in [5.41, 5.74) is 1.17. The maximum Gasteiger partial charge on any atom is 0.165 e. The highest BCUT2D eigenvalue weighted by molar-refractivity contribution is 9.25. The summed E-state index contributed by atoms with van der Waals surface area (Å²) in [6.45, 7) is 5.96. The SMILES string of the molecule is CC(C)(C)S(=O)N1[C@@H](c2ccccc2)C1(Br)Br. The molecule has 1 heterocycles. The summed E-state index contributed by atoms with van der Waals surface area (Å²) >= 11 is 7.20. The van der Waals surface area contributed by atoms with E-state index in [2.05, 4.69) is 44.0 Å². The van der Waals surface area contributed by atoms with E-state index < -0.39 is 11.0 Å². The number of rotatable bonds is 2. The summed E-state index contributed by atoms with van der Waals surface area (Å²) in [5.74, 6) is 0. The molecule has 1 fully saturated rings. The van der Waals surface area contributed by atoms with Crippen LogP contribution < -0.4 is 0 Å². The van der Waals surface area contributed by atoms with Gasteiger partial charge < -0.3 is 0 Å². The van der Waals surface area contributed by atoms with E-state index in [1.54, 1.807) is 0 Å². The van der Waals surface area contributed by atoms with Crippen molar-refractivity contribution in [2.75, 3.05) is 0 Å². The number of nitrogens with zero attached hydrogens (tertiary/aromatic N) is 1. The highest BCUT2D eigenvalue weighted by Gasteiger charge is 2.65. The molecule has 0 bridgehead atoms. The fraction of sp³-hybridized carbons (Fsp3) is 0.500. The highest BCUT2D eigenvalue weighted by atomic mass is 79.9. The van der Waals surface area contributed by atoms with Crippen molar-refractivity contribution in [1.29, 1.82) is 0 Å². The van der Waals surface area contributed by atoms with Crippen LogP contribution in [0.2, 0.25) is 0 Å². The van der Waals surface area contributed by atoms with Crippen molar-refractivity contribution < 1.29 is 4.21 Å². The second-order valence-corrected chi connectivity index (χ2v) is 10.7. The van der Waals surface area contributed by atoms with Gasteiger partial charge in [-0.15, -0.1) is 0 Å². The molecule has 0 aliphatic carbocycles. The first kappa shape index (κ1) is 13.7. The van der Waals surface area contributed by atoms with Gasteiger partial charge in [0.15, 0.2) is 3.36 Å². The Bertz CT molecular complexity index is 442. The van der Waals surface area contributed by atoms with Crippen molar-refractivity contribution in [2.24, 2.45) is 0 Å². The lowest BCUT2D eigenvalue weighted by Crippen LogP contribution is -2.28. The molecule has 1 aromatic rings. The van der Waals surface area contributed by atoms with Gasteiger partial charge in [0.05, 0.1) is 10.8 Å². The number of benzene rings is 1. The molecule has 1 aromatic carbocycles. The van der Waals surface area contributed by atoms with Crippen LogP contribution in [0.1, 0.15) is 32.4 Å². The minimum absolute atomic E-state index is 0.115. The van der Waals surface area contributed by atoms with E-state index in [-0.39, 0.29) is 14.1 Å². The molecule has 0 amide bonds. The van der Waals surface area contributed by atoms with Crippen molar-refractivity contribution in [2.45, 2.75) is 34.9 Å². The number of hydrogen-bond donors (Lipinski definition) is 0. The van der Waals surface area contributed by atoms with E-state index in [0.29, 0.717) is 0 Å². The first-order chi connectivity index (χ1) is 7.76. The maximum atomic E-state index is 12.4. The fourth-order valence-corrected chi connectivity index (χ4v) is 5.23. The third kappa shape index (κ3) is 2.53. The molecule has 0 N–H and O–H groups in total. The smallest absolute Gasteiger partial charge is 0.165 e. The molecule has 5 heteroatoms. The zero-order valence-corrected chi connectivity index (χ0v) is 14.0. The zero-order chi connectivity index (χ0) is 12.8. The van der Waals surface area contributed by atoms with Crippen LogP contribution in [0.3, 0.4) is 0 Å². The molecule has 3 atom stereocenters. The predicted octanol–water partition coefficient (Wildman–Crippen LogP) is 3.95. The summed E-state index contributed by atoms with van der Waals surface area (Å²) in [5, 5.41) is 0. The molecule has 1 saturated heterocycles. The Balaban J connectivity index is 2.26. The van der Waals surface area contributed by atoms with Crippen molar-refractivity contribution >= 4 is 42.8 Å². The van der Waals surface area contributed by atoms with Gasteiger partial charge in [-0.25, -0.2) is 4.21 Å². The largest absolute Gasteiger partial charge is 0.242 e. The van der Waals surface area contributed by atoms with Crippen LogP contribution in [-0.4, -0.2) is 16.6 Å². The molecule has 1 aliphatic rings. The minimum atomic E-state index is -1.04. The van der Waals surface area contributed by atoms with E-state index in [9.17, 15) is 4.21 Å². The van der Waals surface area contributed by atoms with Crippen LogP contribution in [0.15, 0.2) is 30.3 Å². The maximum absolute atomic E-state index is 12.4. The second kappa shape index (κ2) is 4.44. The molecule has 17 heavy (non-hydrogen) atoms. The van der Waals surface area contributed by atoms with E-state index in [4.69, 9.17) is 0 Å². The van der Waals surface area contributed by atoms with Gasteiger partial charge in [-0.2, -0.15) is 4.31 Å². The molecule has 2 unspecified atom stereocenters. The lowest BCUT2D eigenvalue weighted by molar-refractivity contribution is 0.605. The van der Waals surface area contributed by atoms with Gasteiger partial charge >= 0.3 is 0 Å². The van der Waals surface area contributed by atoms with Gasteiger partial charge in [0.25, 0.3) is 0 Å². The predicted molar refractivity (Wildman–Crippen MR) is 79.5 cm³/mol. The van der Waals surface area contributed by atoms with Crippen molar-refractivity contribution in [3.8, 4) is 0 Å². The molecule has 0 aromatic heterocycles. The minimum Gasteiger partial charge on any atom is -0.242 e. The van der Waals surface area contributed by atoms with E-state index in [1.165, 1.54) is 5.56 Å². The van der Waals surface area contributed by atoms with Gasteiger partial charge in [0.2, 0.25) is 0 Å². The molecular formula is C12H15Br2NOS. The number of alkyl halides is 2. The Morgan fingerprint density at radius 2 is 1.76 bits per heavy atom. The molecule has 2 nitrogen and oxygen atoms in total. The molecule has 0 saturated carbocycles. The third-order valence-corrected chi connectivity index (χ3v) is 6.61. The monoisotopic (exact) mass is 379 g/mol. The highest BCUT2D eigenvalue weighted by Crippen LogP contribution is 2.63. The van der Waals surface area contributed by atoms with Gasteiger partial charge in [0, 0.05) is 0 Å². The van der Waals surface area contributed by atoms with E-state index in [0.717, 1.165) is 0 Å². The number of halogens is 2. The number of hydrogen-bond acceptors (Lipinski definition) is 1. The Labute approximate surface area is 122 Å². The quantitative estimate of drug-likeness (QED) is 0.432. The first-order valence-electron chi connectivity index (χ1n) is 5.40. The molecule has 2 rings (SSSR count). The molecule has 0 radical (unpaired) electrons. The Kier molecular flexibility index (Phi) is 3.58. The van der Waals surface area contributed by atoms with Crippen LogP contribution in [0, 0.1) is 0 Å². The Hall–Kier alpha value is 0.290.